The van der Waals surface area contributed by atoms with Crippen LogP contribution in [0.1, 0.15) is 103 Å². The Morgan fingerprint density at radius 3 is 1.54 bits per heavy atom. The van der Waals surface area contributed by atoms with E-state index >= 15 is 0 Å². The molecule has 0 N–H and O–H groups in total. The fraction of sp³-hybridized carbons (Fsp3) is 0.486. The maximum Gasteiger partial charge on any atom is 0.334 e. The first-order valence-corrected chi connectivity index (χ1v) is 15.2. The molecule has 0 radical (unpaired) electrons. The van der Waals surface area contributed by atoms with E-state index in [4.69, 9.17) is 14.2 Å². The molecule has 2 saturated carbocycles. The molecule has 2 aliphatic carbocycles. The fourth-order valence-electron chi connectivity index (χ4n) is 6.51. The Morgan fingerprint density at radius 1 is 0.805 bits per heavy atom. The monoisotopic (exact) mass is 556 g/mol. The number of benzene rings is 2. The van der Waals surface area contributed by atoms with Crippen molar-refractivity contribution in [3.63, 3.8) is 0 Å². The molecule has 0 amide bonds. The Hall–Kier alpha value is -3.27. The van der Waals surface area contributed by atoms with Crippen LogP contribution in [0.3, 0.4) is 0 Å². The molecule has 2 aromatic rings. The van der Waals surface area contributed by atoms with Crippen molar-refractivity contribution < 1.29 is 19.0 Å². The second-order valence-corrected chi connectivity index (χ2v) is 12.7. The van der Waals surface area contributed by atoms with Crippen LogP contribution in [-0.4, -0.2) is 17.2 Å². The topological polar surface area (TPSA) is 44.8 Å². The van der Waals surface area contributed by atoms with Crippen molar-refractivity contribution in [2.75, 3.05) is 0 Å². The molecule has 0 heterocycles. The number of carbonyl (C=O) groups excluding carboxylic acids is 1. The summed E-state index contributed by atoms with van der Waals surface area (Å²) in [4.78, 5) is 12.6. The largest absolute Gasteiger partial charge is 0.487 e. The lowest BCUT2D eigenvalue weighted by Gasteiger charge is -2.42. The summed E-state index contributed by atoms with van der Waals surface area (Å²) in [6, 6.07) is 15.9. The molecule has 0 bridgehead atoms. The van der Waals surface area contributed by atoms with Crippen molar-refractivity contribution in [1.29, 1.82) is 0 Å². The van der Waals surface area contributed by atoms with Crippen molar-refractivity contribution in [1.82, 2.24) is 0 Å². The zero-order chi connectivity index (χ0) is 29.8. The Kier molecular flexibility index (Phi) is 9.51. The minimum Gasteiger partial charge on any atom is -0.487 e. The second kappa shape index (κ2) is 12.7. The minimum absolute atomic E-state index is 0.224. The number of esters is 1. The highest BCUT2D eigenvalue weighted by Gasteiger charge is 2.40. The van der Waals surface area contributed by atoms with Gasteiger partial charge in [-0.2, -0.15) is 0 Å². The summed E-state index contributed by atoms with van der Waals surface area (Å²) in [6.07, 6.45) is 7.48. The van der Waals surface area contributed by atoms with Crippen LogP contribution in [-0.2, 0) is 9.53 Å². The molecule has 4 unspecified atom stereocenters. The predicted molar refractivity (Wildman–Crippen MR) is 167 cm³/mol. The Balaban J connectivity index is 1.54. The molecular formula is C37H48O4. The van der Waals surface area contributed by atoms with Crippen molar-refractivity contribution in [2.24, 2.45) is 11.8 Å². The lowest BCUT2D eigenvalue weighted by molar-refractivity contribution is -0.142. The van der Waals surface area contributed by atoms with Crippen LogP contribution in [0.25, 0.3) is 0 Å². The van der Waals surface area contributed by atoms with Gasteiger partial charge in [0.2, 0.25) is 0 Å². The number of carbonyl (C=O) groups is 1. The van der Waals surface area contributed by atoms with Crippen LogP contribution in [0.4, 0.5) is 0 Å². The molecule has 2 fully saturated rings. The van der Waals surface area contributed by atoms with Gasteiger partial charge in [-0.25, -0.2) is 4.79 Å². The highest BCUT2D eigenvalue weighted by molar-refractivity contribution is 5.87. The summed E-state index contributed by atoms with van der Waals surface area (Å²) in [5.41, 5.74) is 4.30. The maximum absolute atomic E-state index is 12.6. The molecule has 4 heteroatoms. The van der Waals surface area contributed by atoms with Gasteiger partial charge in [0.1, 0.15) is 22.7 Å². The smallest absolute Gasteiger partial charge is 0.334 e. The summed E-state index contributed by atoms with van der Waals surface area (Å²) < 4.78 is 19.1. The molecule has 4 atom stereocenters. The minimum atomic E-state index is -0.573. The van der Waals surface area contributed by atoms with Gasteiger partial charge in [-0.3, -0.25) is 0 Å². The van der Waals surface area contributed by atoms with E-state index in [0.29, 0.717) is 17.4 Å². The fourth-order valence-corrected chi connectivity index (χ4v) is 6.51. The van der Waals surface area contributed by atoms with Gasteiger partial charge < -0.3 is 14.2 Å². The van der Waals surface area contributed by atoms with Crippen LogP contribution in [0.2, 0.25) is 0 Å². The molecule has 220 valence electrons. The van der Waals surface area contributed by atoms with E-state index in [1.807, 2.05) is 48.5 Å². The molecule has 0 spiro atoms. The molecule has 0 aromatic heterocycles. The van der Waals surface area contributed by atoms with Gasteiger partial charge in [-0.05, 0) is 108 Å². The lowest BCUT2D eigenvalue weighted by Crippen LogP contribution is -2.43. The summed E-state index contributed by atoms with van der Waals surface area (Å²) >= 11 is 0. The average Bonchev–Trinajstić information content (AvgIpc) is 2.95. The first kappa shape index (κ1) is 30.7. The molecular weight excluding hydrogens is 508 g/mol. The van der Waals surface area contributed by atoms with Gasteiger partial charge in [0, 0.05) is 17.4 Å². The molecule has 2 aliphatic rings. The third-order valence-electron chi connectivity index (χ3n) is 9.37. The van der Waals surface area contributed by atoms with Crippen LogP contribution >= 0.6 is 0 Å². The van der Waals surface area contributed by atoms with Crippen LogP contribution in [0.15, 0.2) is 85.0 Å². The quantitative estimate of drug-likeness (QED) is 0.166. The van der Waals surface area contributed by atoms with E-state index < -0.39 is 12.1 Å². The van der Waals surface area contributed by atoms with Crippen molar-refractivity contribution in [3.05, 3.63) is 96.1 Å². The number of rotatable bonds is 10. The van der Waals surface area contributed by atoms with Gasteiger partial charge in [-0.15, -0.1) is 0 Å². The summed E-state index contributed by atoms with van der Waals surface area (Å²) in [5, 5.41) is 0. The zero-order valence-corrected chi connectivity index (χ0v) is 25.8. The first-order valence-electron chi connectivity index (χ1n) is 15.2. The van der Waals surface area contributed by atoms with E-state index in [1.165, 1.54) is 11.1 Å². The summed E-state index contributed by atoms with van der Waals surface area (Å²) in [5.74, 6) is 2.11. The highest BCUT2D eigenvalue weighted by Crippen LogP contribution is 2.43. The average molecular weight is 557 g/mol. The third kappa shape index (κ3) is 7.15. The summed E-state index contributed by atoms with van der Waals surface area (Å²) in [6.45, 7) is 22.8. The van der Waals surface area contributed by atoms with Crippen LogP contribution in [0, 0.1) is 11.8 Å². The SMILES string of the molecule is C=C1CCC(C)(Oc2ccc(C(OC(=O)C(=C)C)c3ccc(OC4(C)CCC(=C)CC4CC)cc3)cc2)C(CC)C1. The molecule has 4 nitrogen and oxygen atoms in total. The van der Waals surface area contributed by atoms with Gasteiger partial charge in [0.15, 0.2) is 6.10 Å². The Bertz CT molecular complexity index is 1170. The van der Waals surface area contributed by atoms with Gasteiger partial charge >= 0.3 is 5.97 Å². The lowest BCUT2D eigenvalue weighted by atomic mass is 9.73. The maximum atomic E-state index is 12.6. The van der Waals surface area contributed by atoms with Crippen molar-refractivity contribution in [2.45, 2.75) is 103 Å². The van der Waals surface area contributed by atoms with Gasteiger partial charge in [-0.1, -0.05) is 69.0 Å². The van der Waals surface area contributed by atoms with E-state index in [0.717, 1.165) is 74.0 Å². The second-order valence-electron chi connectivity index (χ2n) is 12.7. The molecule has 0 aliphatic heterocycles. The first-order chi connectivity index (χ1) is 19.5. The number of hydrogen-bond acceptors (Lipinski definition) is 4. The molecule has 0 saturated heterocycles. The van der Waals surface area contributed by atoms with E-state index in [-0.39, 0.29) is 11.2 Å². The van der Waals surface area contributed by atoms with Crippen molar-refractivity contribution in [3.8, 4) is 11.5 Å². The summed E-state index contributed by atoms with van der Waals surface area (Å²) in [7, 11) is 0. The molecule has 4 rings (SSSR count). The van der Waals surface area contributed by atoms with Crippen LogP contribution < -0.4 is 9.47 Å². The van der Waals surface area contributed by atoms with E-state index in [2.05, 4.69) is 47.4 Å². The standard InChI is InChI=1S/C37H48O4/c1-9-30-23-26(5)19-21-36(30,7)40-32-15-11-28(12-16-32)34(39-35(38)25(3)4)29-13-17-33(18-14-29)41-37(8)22-20-27(6)24-31(37)10-2/h11-18,30-31,34H,3,5-6,9-10,19-24H2,1-2,4,7-8H3. The number of allylic oxidation sites excluding steroid dienone is 2. The Labute approximate surface area is 247 Å². The van der Waals surface area contributed by atoms with Gasteiger partial charge in [0.25, 0.3) is 0 Å². The van der Waals surface area contributed by atoms with Crippen molar-refractivity contribution >= 4 is 5.97 Å². The van der Waals surface area contributed by atoms with E-state index in [1.54, 1.807) is 6.92 Å². The highest BCUT2D eigenvalue weighted by atomic mass is 16.5. The van der Waals surface area contributed by atoms with E-state index in [9.17, 15) is 4.79 Å². The molecule has 2 aromatic carbocycles. The Morgan fingerprint density at radius 2 is 1.20 bits per heavy atom. The zero-order valence-electron chi connectivity index (χ0n) is 25.8. The predicted octanol–water partition coefficient (Wildman–Crippen LogP) is 9.70. The molecule has 41 heavy (non-hydrogen) atoms. The number of ether oxygens (including phenoxy) is 3. The van der Waals surface area contributed by atoms with Gasteiger partial charge in [0.05, 0.1) is 0 Å². The third-order valence-corrected chi connectivity index (χ3v) is 9.37. The van der Waals surface area contributed by atoms with Crippen LogP contribution in [0.5, 0.6) is 11.5 Å². The number of hydrogen-bond donors (Lipinski definition) is 0. The normalized spacial score (nSPS) is 27.1.